The summed E-state index contributed by atoms with van der Waals surface area (Å²) in [6.07, 6.45) is 1.52. The SMILES string of the molecule is COc1ccc([Si](C)(C)[C@@H]2[C@@H](CCn3cc(C(CO)c4ccccc4)nn3)O[C@]3(C(=O)N(C)c4ccc(N5C(=O)CC5OC(C)=O)cc43)[C@H]2C)cc1. The fourth-order valence-corrected chi connectivity index (χ4v) is 12.8. The lowest BCUT2D eigenvalue weighted by molar-refractivity contribution is -0.153. The molecule has 7 rings (SSSR count). The zero-order valence-corrected chi connectivity index (χ0v) is 31.4. The van der Waals surface area contributed by atoms with Gasteiger partial charge in [-0.1, -0.05) is 72.9 Å². The smallest absolute Gasteiger partial charge is 0.304 e. The molecule has 1 N–H and O–H groups in total. The lowest BCUT2D eigenvalue weighted by atomic mass is 9.82. The summed E-state index contributed by atoms with van der Waals surface area (Å²) in [5, 5.41) is 20.3. The molecule has 0 radical (unpaired) electrons. The average Bonchev–Trinajstić information content (AvgIpc) is 3.78. The van der Waals surface area contributed by atoms with Gasteiger partial charge >= 0.3 is 5.97 Å². The predicted molar refractivity (Wildman–Crippen MR) is 197 cm³/mol. The number of esters is 1. The van der Waals surface area contributed by atoms with Gasteiger partial charge in [0, 0.05) is 43.9 Å². The van der Waals surface area contributed by atoms with Crippen LogP contribution < -0.4 is 19.7 Å². The molecule has 4 heterocycles. The maximum Gasteiger partial charge on any atom is 0.304 e. The van der Waals surface area contributed by atoms with Crippen LogP contribution in [0.15, 0.2) is 79.0 Å². The van der Waals surface area contributed by atoms with Crippen molar-refractivity contribution in [1.29, 1.82) is 0 Å². The number of aromatic nitrogens is 3. The summed E-state index contributed by atoms with van der Waals surface area (Å²) >= 11 is 0. The average molecular weight is 724 g/mol. The van der Waals surface area contributed by atoms with Crippen LogP contribution in [-0.2, 0) is 36.0 Å². The van der Waals surface area contributed by atoms with Crippen LogP contribution in [0.5, 0.6) is 5.75 Å². The molecule has 3 aliphatic rings. The minimum absolute atomic E-state index is 0.00946. The van der Waals surface area contributed by atoms with Gasteiger partial charge in [0.1, 0.15) is 5.75 Å². The zero-order valence-electron chi connectivity index (χ0n) is 30.4. The Morgan fingerprint density at radius 1 is 1.10 bits per heavy atom. The topological polar surface area (TPSA) is 136 Å². The van der Waals surface area contributed by atoms with Crippen LogP contribution in [0, 0.1) is 5.92 Å². The van der Waals surface area contributed by atoms with E-state index in [1.165, 1.54) is 17.0 Å². The van der Waals surface area contributed by atoms with Crippen LogP contribution in [-0.4, -0.2) is 79.1 Å². The number of aliphatic hydroxyl groups is 1. The summed E-state index contributed by atoms with van der Waals surface area (Å²) in [7, 11) is 1.01. The summed E-state index contributed by atoms with van der Waals surface area (Å²) in [6.45, 7) is 8.48. The maximum atomic E-state index is 14.6. The lowest BCUT2D eigenvalue weighted by Gasteiger charge is -2.39. The molecule has 4 aromatic rings. The summed E-state index contributed by atoms with van der Waals surface area (Å²) in [5.41, 5.74) is 2.30. The van der Waals surface area contributed by atoms with Gasteiger partial charge in [-0.3, -0.25) is 24.0 Å². The Labute approximate surface area is 304 Å². The highest BCUT2D eigenvalue weighted by Crippen LogP contribution is 2.60. The number of carbonyl (C=O) groups excluding carboxylic acids is 3. The first kappa shape index (κ1) is 35.5. The van der Waals surface area contributed by atoms with Crippen molar-refractivity contribution in [2.45, 2.75) is 75.7 Å². The van der Waals surface area contributed by atoms with E-state index in [1.54, 1.807) is 29.8 Å². The molecule has 52 heavy (non-hydrogen) atoms. The van der Waals surface area contributed by atoms with Gasteiger partial charge in [0.2, 0.25) is 5.91 Å². The number of fused-ring (bicyclic) bond motifs is 2. The van der Waals surface area contributed by atoms with Crippen molar-refractivity contribution in [2.24, 2.45) is 5.92 Å². The summed E-state index contributed by atoms with van der Waals surface area (Å²) < 4.78 is 19.9. The van der Waals surface area contributed by atoms with Gasteiger partial charge in [0.15, 0.2) is 11.8 Å². The molecular formula is C39H45N5O7Si. The molecule has 2 amide bonds. The molecule has 3 aromatic carbocycles. The van der Waals surface area contributed by atoms with Crippen LogP contribution in [0.2, 0.25) is 18.6 Å². The first-order valence-corrected chi connectivity index (χ1v) is 20.8. The Morgan fingerprint density at radius 2 is 1.83 bits per heavy atom. The number of rotatable bonds is 11. The van der Waals surface area contributed by atoms with Gasteiger partial charge < -0.3 is 24.2 Å². The fraction of sp³-hybridized carbons (Fsp3) is 0.410. The number of benzene rings is 3. The van der Waals surface area contributed by atoms with E-state index in [1.807, 2.05) is 60.8 Å². The second-order valence-corrected chi connectivity index (χ2v) is 19.3. The lowest BCUT2D eigenvalue weighted by Crippen LogP contribution is -2.55. The Kier molecular flexibility index (Phi) is 9.30. The monoisotopic (exact) mass is 723 g/mol. The summed E-state index contributed by atoms with van der Waals surface area (Å²) in [5.74, 6) is -0.547. The Bertz CT molecular complexity index is 1990. The molecule has 0 saturated carbocycles. The molecule has 6 atom stereocenters. The molecule has 272 valence electrons. The number of carbonyl (C=O) groups is 3. The van der Waals surface area contributed by atoms with Crippen molar-refractivity contribution in [3.8, 4) is 5.75 Å². The second-order valence-electron chi connectivity index (χ2n) is 14.6. The molecular weight excluding hydrogens is 679 g/mol. The number of methoxy groups -OCH3 is 1. The van der Waals surface area contributed by atoms with Crippen LogP contribution in [0.4, 0.5) is 11.4 Å². The number of hydrogen-bond acceptors (Lipinski definition) is 9. The first-order valence-electron chi connectivity index (χ1n) is 17.7. The van der Waals surface area contributed by atoms with E-state index in [0.29, 0.717) is 29.9 Å². The number of β-lactam (4-membered cyclic amide) rings is 1. The van der Waals surface area contributed by atoms with Crippen molar-refractivity contribution in [3.05, 3.63) is 95.8 Å². The third kappa shape index (κ3) is 5.80. The molecule has 1 spiro atoms. The third-order valence-electron chi connectivity index (χ3n) is 11.4. The Balaban J connectivity index is 1.25. The van der Waals surface area contributed by atoms with E-state index < -0.39 is 25.9 Å². The standard InChI is InChI=1S/C39H45N5O7Si/c1-24-37(52(5,6)29-15-13-28(49-4)14-16-29)34(18-19-43-22-32(40-41-43)30(23-45)26-10-8-7-9-11-26)51-39(24)31-20-27(12-17-33(31)42(3)38(39)48)44-35(47)21-36(44)50-25(2)46/h7-17,20,22,24,30,34,36-37,45H,18-19,21,23H2,1-6H3/t24-,30?,34+,36?,37-,39+/m0/s1. The van der Waals surface area contributed by atoms with Gasteiger partial charge in [-0.25, -0.2) is 0 Å². The van der Waals surface area contributed by atoms with E-state index in [4.69, 9.17) is 14.2 Å². The quantitative estimate of drug-likeness (QED) is 0.136. The second kappa shape index (κ2) is 13.6. The number of aliphatic hydroxyl groups excluding tert-OH is 1. The first-order chi connectivity index (χ1) is 24.9. The normalized spacial score (nSPS) is 24.6. The van der Waals surface area contributed by atoms with E-state index in [0.717, 1.165) is 17.0 Å². The third-order valence-corrected chi connectivity index (χ3v) is 15.7. The minimum atomic E-state index is -2.40. The number of anilines is 2. The molecule has 0 bridgehead atoms. The minimum Gasteiger partial charge on any atom is -0.497 e. The van der Waals surface area contributed by atoms with Crippen LogP contribution >= 0.6 is 0 Å². The van der Waals surface area contributed by atoms with Gasteiger partial charge in [0.05, 0.1) is 51.6 Å². The van der Waals surface area contributed by atoms with Crippen molar-refractivity contribution in [1.82, 2.24) is 15.0 Å². The maximum absolute atomic E-state index is 14.6. The molecule has 1 aromatic heterocycles. The van der Waals surface area contributed by atoms with Gasteiger partial charge in [-0.05, 0) is 47.9 Å². The highest BCUT2D eigenvalue weighted by Gasteiger charge is 2.66. The highest BCUT2D eigenvalue weighted by molar-refractivity contribution is 6.91. The molecule has 2 fully saturated rings. The summed E-state index contributed by atoms with van der Waals surface area (Å²) in [6, 6.07) is 23.5. The number of amides is 2. The van der Waals surface area contributed by atoms with Crippen molar-refractivity contribution in [2.75, 3.05) is 30.6 Å². The molecule has 2 saturated heterocycles. The molecule has 2 unspecified atom stereocenters. The van der Waals surface area contributed by atoms with Crippen LogP contribution in [0.1, 0.15) is 49.4 Å². The van der Waals surface area contributed by atoms with Gasteiger partial charge in [0.25, 0.3) is 5.91 Å². The van der Waals surface area contributed by atoms with Crippen molar-refractivity contribution < 1.29 is 33.7 Å². The molecule has 13 heteroatoms. The molecule has 0 aliphatic carbocycles. The van der Waals surface area contributed by atoms with Crippen LogP contribution in [0.25, 0.3) is 0 Å². The number of ether oxygens (including phenoxy) is 3. The van der Waals surface area contributed by atoms with Gasteiger partial charge in [-0.15, -0.1) is 5.10 Å². The molecule has 12 nitrogen and oxygen atoms in total. The largest absolute Gasteiger partial charge is 0.497 e. The van der Waals surface area contributed by atoms with Gasteiger partial charge in [-0.2, -0.15) is 0 Å². The number of hydrogen-bond donors (Lipinski definition) is 1. The van der Waals surface area contributed by atoms with Crippen LogP contribution in [0.3, 0.4) is 0 Å². The highest BCUT2D eigenvalue weighted by atomic mass is 28.3. The number of likely N-dealkylation sites (N-methyl/N-ethyl adjacent to an activating group) is 1. The fourth-order valence-electron chi connectivity index (χ4n) is 8.71. The van der Waals surface area contributed by atoms with E-state index in [2.05, 4.69) is 42.5 Å². The van der Waals surface area contributed by atoms with E-state index in [-0.39, 0.29) is 48.3 Å². The number of aryl methyl sites for hydroxylation is 1. The predicted octanol–water partition coefficient (Wildman–Crippen LogP) is 4.32. The molecule has 3 aliphatic heterocycles. The van der Waals surface area contributed by atoms with E-state index >= 15 is 0 Å². The Morgan fingerprint density at radius 3 is 2.48 bits per heavy atom. The zero-order chi connectivity index (χ0) is 36.9. The Hall–Kier alpha value is -4.85. The van der Waals surface area contributed by atoms with Crippen molar-refractivity contribution in [3.63, 3.8) is 0 Å². The van der Waals surface area contributed by atoms with E-state index in [9.17, 15) is 19.5 Å². The van der Waals surface area contributed by atoms with Crippen molar-refractivity contribution >= 4 is 42.4 Å². The summed E-state index contributed by atoms with van der Waals surface area (Å²) in [4.78, 5) is 42.3. The number of nitrogens with zero attached hydrogens (tertiary/aromatic N) is 5.